The van der Waals surface area contributed by atoms with E-state index in [1.807, 2.05) is 0 Å². The zero-order valence-corrected chi connectivity index (χ0v) is 8.35. The van der Waals surface area contributed by atoms with E-state index in [1.54, 1.807) is 0 Å². The van der Waals surface area contributed by atoms with Crippen LogP contribution in [0, 0.1) is 0 Å². The van der Waals surface area contributed by atoms with Crippen molar-refractivity contribution in [3.63, 3.8) is 0 Å². The van der Waals surface area contributed by atoms with Crippen LogP contribution in [0.25, 0.3) is 0 Å². The number of nitrogen functional groups attached to an aromatic ring is 1. The van der Waals surface area contributed by atoms with Gasteiger partial charge in [0, 0.05) is 5.56 Å². The van der Waals surface area contributed by atoms with E-state index in [0.717, 1.165) is 0 Å². The van der Waals surface area contributed by atoms with E-state index in [-0.39, 0.29) is 16.4 Å². The lowest BCUT2D eigenvalue weighted by Gasteiger charge is -2.16. The van der Waals surface area contributed by atoms with Gasteiger partial charge in [-0.3, -0.25) is 4.79 Å². The molecule has 0 aliphatic rings. The first-order chi connectivity index (χ1) is 6.93. The van der Waals surface area contributed by atoms with Crippen LogP contribution >= 0.6 is 11.6 Å². The SMILES string of the molecule is NC(=O)C(O)C(O)c1cc(N)cnc1Cl. The van der Waals surface area contributed by atoms with Crippen molar-refractivity contribution in [1.29, 1.82) is 0 Å². The Morgan fingerprint density at radius 1 is 1.53 bits per heavy atom. The summed E-state index contributed by atoms with van der Waals surface area (Å²) in [6.07, 6.45) is -1.99. The van der Waals surface area contributed by atoms with Gasteiger partial charge in [-0.25, -0.2) is 4.98 Å². The number of nitrogens with two attached hydrogens (primary N) is 2. The highest BCUT2D eigenvalue weighted by Crippen LogP contribution is 2.25. The Balaban J connectivity index is 3.04. The number of pyridine rings is 1. The maximum Gasteiger partial charge on any atom is 0.249 e. The van der Waals surface area contributed by atoms with Gasteiger partial charge < -0.3 is 21.7 Å². The van der Waals surface area contributed by atoms with E-state index in [0.29, 0.717) is 0 Å². The molecule has 0 aliphatic heterocycles. The fraction of sp³-hybridized carbons (Fsp3) is 0.250. The van der Waals surface area contributed by atoms with Crippen LogP contribution in [0.15, 0.2) is 12.3 Å². The number of amides is 1. The average Bonchev–Trinajstić information content (AvgIpc) is 2.19. The molecule has 82 valence electrons. The maximum atomic E-state index is 10.6. The molecule has 6 N–H and O–H groups in total. The first-order valence-electron chi connectivity index (χ1n) is 4.00. The fourth-order valence-corrected chi connectivity index (χ4v) is 1.23. The molecule has 0 bridgehead atoms. The van der Waals surface area contributed by atoms with Crippen LogP contribution in [0.1, 0.15) is 11.7 Å². The Morgan fingerprint density at radius 2 is 2.13 bits per heavy atom. The highest BCUT2D eigenvalue weighted by molar-refractivity contribution is 6.30. The van der Waals surface area contributed by atoms with Crippen molar-refractivity contribution in [3.05, 3.63) is 23.0 Å². The average molecular weight is 232 g/mol. The minimum atomic E-state index is -1.74. The van der Waals surface area contributed by atoms with Crippen LogP contribution in [-0.4, -0.2) is 27.2 Å². The second-order valence-corrected chi connectivity index (χ2v) is 3.30. The van der Waals surface area contributed by atoms with Crippen molar-refractivity contribution in [2.45, 2.75) is 12.2 Å². The molecule has 2 atom stereocenters. The predicted molar refractivity (Wildman–Crippen MR) is 53.8 cm³/mol. The molecule has 0 aromatic carbocycles. The molecule has 6 nitrogen and oxygen atoms in total. The third-order valence-electron chi connectivity index (χ3n) is 1.80. The van der Waals surface area contributed by atoms with Crippen molar-refractivity contribution in [3.8, 4) is 0 Å². The van der Waals surface area contributed by atoms with Gasteiger partial charge in [0.1, 0.15) is 11.3 Å². The third kappa shape index (κ3) is 2.56. The summed E-state index contributed by atoms with van der Waals surface area (Å²) in [5, 5.41) is 18.7. The summed E-state index contributed by atoms with van der Waals surface area (Å²) in [6, 6.07) is 1.31. The van der Waals surface area contributed by atoms with E-state index in [2.05, 4.69) is 4.98 Å². The minimum Gasteiger partial charge on any atom is -0.397 e. The molecule has 0 spiro atoms. The summed E-state index contributed by atoms with van der Waals surface area (Å²) >= 11 is 5.65. The van der Waals surface area contributed by atoms with Crippen molar-refractivity contribution in [2.24, 2.45) is 5.73 Å². The number of primary amides is 1. The number of hydrogen-bond donors (Lipinski definition) is 4. The van der Waals surface area contributed by atoms with Crippen LogP contribution in [0.4, 0.5) is 5.69 Å². The number of halogens is 1. The molecule has 0 fully saturated rings. The van der Waals surface area contributed by atoms with Crippen molar-refractivity contribution >= 4 is 23.2 Å². The molecule has 1 aromatic rings. The molecule has 2 unspecified atom stereocenters. The minimum absolute atomic E-state index is 0.0444. The van der Waals surface area contributed by atoms with E-state index in [9.17, 15) is 15.0 Å². The lowest BCUT2D eigenvalue weighted by atomic mass is 10.1. The van der Waals surface area contributed by atoms with Crippen molar-refractivity contribution < 1.29 is 15.0 Å². The molecule has 0 aliphatic carbocycles. The number of aliphatic hydroxyl groups is 2. The van der Waals surface area contributed by atoms with Gasteiger partial charge >= 0.3 is 0 Å². The Hall–Kier alpha value is -1.37. The molecular weight excluding hydrogens is 222 g/mol. The van der Waals surface area contributed by atoms with E-state index >= 15 is 0 Å². The number of rotatable bonds is 3. The van der Waals surface area contributed by atoms with Crippen LogP contribution in [-0.2, 0) is 4.79 Å². The number of nitrogens with zero attached hydrogens (tertiary/aromatic N) is 1. The molecule has 1 aromatic heterocycles. The molecule has 1 heterocycles. The molecule has 15 heavy (non-hydrogen) atoms. The molecule has 0 radical (unpaired) electrons. The summed E-state index contributed by atoms with van der Waals surface area (Å²) in [4.78, 5) is 14.3. The van der Waals surface area contributed by atoms with E-state index < -0.39 is 18.1 Å². The largest absolute Gasteiger partial charge is 0.397 e. The lowest BCUT2D eigenvalue weighted by molar-refractivity contribution is -0.131. The van der Waals surface area contributed by atoms with Crippen molar-refractivity contribution in [2.75, 3.05) is 5.73 Å². The van der Waals surface area contributed by atoms with E-state index in [4.69, 9.17) is 23.1 Å². The molecule has 0 saturated heterocycles. The number of aliphatic hydroxyl groups excluding tert-OH is 2. The normalized spacial score (nSPS) is 14.6. The zero-order valence-electron chi connectivity index (χ0n) is 7.59. The second kappa shape index (κ2) is 4.43. The van der Waals surface area contributed by atoms with Gasteiger partial charge in [0.2, 0.25) is 5.91 Å². The number of anilines is 1. The highest BCUT2D eigenvalue weighted by atomic mass is 35.5. The zero-order chi connectivity index (χ0) is 11.6. The maximum absolute atomic E-state index is 10.6. The van der Waals surface area contributed by atoms with Crippen LogP contribution in [0.5, 0.6) is 0 Å². The van der Waals surface area contributed by atoms with E-state index in [1.165, 1.54) is 12.3 Å². The van der Waals surface area contributed by atoms with Crippen molar-refractivity contribution in [1.82, 2.24) is 4.98 Å². The van der Waals surface area contributed by atoms with Gasteiger partial charge in [0.15, 0.2) is 6.10 Å². The Kier molecular flexibility index (Phi) is 3.46. The summed E-state index contributed by atoms with van der Waals surface area (Å²) in [5.41, 5.74) is 10.5. The Morgan fingerprint density at radius 3 is 2.67 bits per heavy atom. The lowest BCUT2D eigenvalue weighted by Crippen LogP contribution is -2.34. The quantitative estimate of drug-likeness (QED) is 0.507. The van der Waals surface area contributed by atoms with Gasteiger partial charge in [0.05, 0.1) is 11.9 Å². The summed E-state index contributed by atoms with van der Waals surface area (Å²) in [6.45, 7) is 0. The predicted octanol–water partition coefficient (Wildman–Crippen LogP) is -0.803. The van der Waals surface area contributed by atoms with Crippen LogP contribution < -0.4 is 11.5 Å². The number of hydrogen-bond acceptors (Lipinski definition) is 5. The molecule has 7 heteroatoms. The summed E-state index contributed by atoms with van der Waals surface area (Å²) in [5.74, 6) is -1.05. The monoisotopic (exact) mass is 231 g/mol. The smallest absolute Gasteiger partial charge is 0.249 e. The summed E-state index contributed by atoms with van der Waals surface area (Å²) < 4.78 is 0. The molecular formula is C8H10ClN3O3. The molecule has 1 rings (SSSR count). The number of carbonyl (C=O) groups excluding carboxylic acids is 1. The number of carbonyl (C=O) groups is 1. The highest BCUT2D eigenvalue weighted by Gasteiger charge is 2.25. The Labute approximate surface area is 90.5 Å². The summed E-state index contributed by atoms with van der Waals surface area (Å²) in [7, 11) is 0. The van der Waals surface area contributed by atoms with Crippen LogP contribution in [0.3, 0.4) is 0 Å². The Bertz CT molecular complexity index is 385. The molecule has 1 amide bonds. The van der Waals surface area contributed by atoms with Crippen LogP contribution in [0.2, 0.25) is 5.15 Å². The third-order valence-corrected chi connectivity index (χ3v) is 2.11. The molecule has 0 saturated carbocycles. The second-order valence-electron chi connectivity index (χ2n) is 2.94. The first-order valence-corrected chi connectivity index (χ1v) is 4.37. The topological polar surface area (TPSA) is 122 Å². The van der Waals surface area contributed by atoms with Gasteiger partial charge in [0.25, 0.3) is 0 Å². The van der Waals surface area contributed by atoms with Gasteiger partial charge in [-0.1, -0.05) is 11.6 Å². The van der Waals surface area contributed by atoms with Gasteiger partial charge in [-0.2, -0.15) is 0 Å². The standard InChI is InChI=1S/C8H10ClN3O3/c9-7-4(1-3(10)2-12-7)5(13)6(14)8(11)15/h1-2,5-6,13-14H,10H2,(H2,11,15). The number of aromatic nitrogens is 1. The van der Waals surface area contributed by atoms with Gasteiger partial charge in [-0.15, -0.1) is 0 Å². The van der Waals surface area contributed by atoms with Gasteiger partial charge in [-0.05, 0) is 6.07 Å². The fourth-order valence-electron chi connectivity index (χ4n) is 1.02. The first kappa shape index (κ1) is 11.7.